The number of aryl methyl sites for hydroxylation is 1. The smallest absolute Gasteiger partial charge is 0.276 e. The summed E-state index contributed by atoms with van der Waals surface area (Å²) in [6.07, 6.45) is 0.816. The summed E-state index contributed by atoms with van der Waals surface area (Å²) in [5.41, 5.74) is 2.73. The maximum Gasteiger partial charge on any atom is 0.276 e. The van der Waals surface area contributed by atoms with Crippen molar-refractivity contribution in [1.29, 1.82) is 0 Å². The minimum absolute atomic E-state index is 0.265. The van der Waals surface area contributed by atoms with E-state index in [0.717, 1.165) is 17.5 Å². The highest BCUT2D eigenvalue weighted by Crippen LogP contribution is 2.49. The molecule has 0 unspecified atom stereocenters. The van der Waals surface area contributed by atoms with Gasteiger partial charge in [-0.05, 0) is 48.4 Å². The van der Waals surface area contributed by atoms with Gasteiger partial charge < -0.3 is 15.4 Å². The number of rotatable bonds is 3. The van der Waals surface area contributed by atoms with Crippen LogP contribution in [-0.4, -0.2) is 18.9 Å². The molecule has 150 valence electrons. The van der Waals surface area contributed by atoms with Crippen molar-refractivity contribution < 1.29 is 14.3 Å². The molecule has 0 aromatic heterocycles. The number of hydrogen-bond acceptors (Lipinski definition) is 4. The number of benzene rings is 3. The third kappa shape index (κ3) is 2.37. The fourth-order valence-electron chi connectivity index (χ4n) is 4.31. The number of carbonyl (C=O) groups excluding carboxylic acids is 2. The molecule has 0 aliphatic carbocycles. The van der Waals surface area contributed by atoms with E-state index in [0.29, 0.717) is 28.4 Å². The third-order valence-corrected chi connectivity index (χ3v) is 5.80. The van der Waals surface area contributed by atoms with E-state index in [1.54, 1.807) is 25.3 Å². The quantitative estimate of drug-likeness (QED) is 0.695. The van der Waals surface area contributed by atoms with Gasteiger partial charge in [-0.25, -0.2) is 0 Å². The number of nitrogens with zero attached hydrogens (tertiary/aromatic N) is 1. The van der Waals surface area contributed by atoms with Crippen LogP contribution in [0, 0.1) is 0 Å². The Balaban J connectivity index is 1.84. The van der Waals surface area contributed by atoms with Gasteiger partial charge in [0.25, 0.3) is 11.8 Å². The molecule has 3 aromatic rings. The highest BCUT2D eigenvalue weighted by atomic mass is 16.5. The Hall–Kier alpha value is -3.80. The number of para-hydroxylation sites is 3. The van der Waals surface area contributed by atoms with Crippen molar-refractivity contribution in [1.82, 2.24) is 0 Å². The number of hydrogen-bond donors (Lipinski definition) is 2. The summed E-state index contributed by atoms with van der Waals surface area (Å²) in [6.45, 7) is 2.06. The average molecular weight is 399 g/mol. The number of ether oxygens (including phenoxy) is 1. The maximum absolute atomic E-state index is 13.8. The summed E-state index contributed by atoms with van der Waals surface area (Å²) in [6, 6.07) is 20.4. The monoisotopic (exact) mass is 399 g/mol. The molecule has 6 nitrogen and oxygen atoms in total. The Morgan fingerprint density at radius 2 is 1.73 bits per heavy atom. The van der Waals surface area contributed by atoms with Crippen molar-refractivity contribution in [2.24, 2.45) is 0 Å². The zero-order valence-electron chi connectivity index (χ0n) is 16.7. The van der Waals surface area contributed by atoms with Crippen molar-refractivity contribution in [3.63, 3.8) is 0 Å². The second kappa shape index (κ2) is 6.62. The van der Waals surface area contributed by atoms with Crippen LogP contribution in [0.15, 0.2) is 66.7 Å². The third-order valence-electron chi connectivity index (χ3n) is 5.80. The van der Waals surface area contributed by atoms with Crippen molar-refractivity contribution in [2.45, 2.75) is 19.0 Å². The first kappa shape index (κ1) is 18.2. The van der Waals surface area contributed by atoms with Gasteiger partial charge in [0.15, 0.2) is 0 Å². The molecule has 6 heteroatoms. The Morgan fingerprint density at radius 1 is 0.967 bits per heavy atom. The van der Waals surface area contributed by atoms with E-state index < -0.39 is 5.66 Å². The van der Waals surface area contributed by atoms with Crippen LogP contribution >= 0.6 is 0 Å². The zero-order chi connectivity index (χ0) is 20.9. The molecule has 1 atom stereocenters. The highest BCUT2D eigenvalue weighted by molar-refractivity contribution is 6.22. The summed E-state index contributed by atoms with van der Waals surface area (Å²) < 4.78 is 5.55. The van der Waals surface area contributed by atoms with Crippen LogP contribution in [0.3, 0.4) is 0 Å². The SMILES string of the molecule is CCc1ccc2c(c1)[C@]1(Nc3ccccc3C(=O)N1c1ccccc1OC)C(=O)N2. The van der Waals surface area contributed by atoms with Crippen LogP contribution in [-0.2, 0) is 16.9 Å². The number of amides is 2. The molecular formula is C24H21N3O3. The van der Waals surface area contributed by atoms with E-state index in [-0.39, 0.29) is 11.8 Å². The van der Waals surface area contributed by atoms with Gasteiger partial charge in [0.2, 0.25) is 5.66 Å². The predicted molar refractivity (Wildman–Crippen MR) is 116 cm³/mol. The molecule has 0 saturated heterocycles. The van der Waals surface area contributed by atoms with Crippen LogP contribution in [0.4, 0.5) is 17.1 Å². The fourth-order valence-corrected chi connectivity index (χ4v) is 4.31. The standard InChI is InChI=1S/C24H21N3O3/c1-3-15-12-13-19-17(14-15)24(23(29)25-19)26-18-9-5-4-8-16(18)22(28)27(24)20-10-6-7-11-21(20)30-2/h4-14,26H,3H2,1-2H3,(H,25,29)/t24-/m1/s1. The second-order valence-electron chi connectivity index (χ2n) is 7.38. The lowest BCUT2D eigenvalue weighted by atomic mass is 9.91. The normalized spacial score (nSPS) is 19.2. The minimum Gasteiger partial charge on any atom is -0.495 e. The number of methoxy groups -OCH3 is 1. The summed E-state index contributed by atoms with van der Waals surface area (Å²) >= 11 is 0. The molecule has 3 aromatic carbocycles. The van der Waals surface area contributed by atoms with Gasteiger partial charge in [-0.15, -0.1) is 0 Å². The molecule has 2 aliphatic rings. The van der Waals surface area contributed by atoms with E-state index in [2.05, 4.69) is 17.6 Å². The van der Waals surface area contributed by atoms with E-state index >= 15 is 0 Å². The molecule has 5 rings (SSSR count). The molecule has 2 heterocycles. The number of fused-ring (bicyclic) bond motifs is 3. The highest BCUT2D eigenvalue weighted by Gasteiger charge is 2.57. The van der Waals surface area contributed by atoms with Gasteiger partial charge in [0.1, 0.15) is 5.75 Å². The lowest BCUT2D eigenvalue weighted by Crippen LogP contribution is -2.61. The molecule has 0 radical (unpaired) electrons. The first-order valence-corrected chi connectivity index (χ1v) is 9.89. The topological polar surface area (TPSA) is 70.7 Å². The molecular weight excluding hydrogens is 378 g/mol. The predicted octanol–water partition coefficient (Wildman–Crippen LogP) is 4.14. The van der Waals surface area contributed by atoms with Crippen LogP contribution in [0.1, 0.15) is 28.4 Å². The zero-order valence-corrected chi connectivity index (χ0v) is 16.7. The summed E-state index contributed by atoms with van der Waals surface area (Å²) in [5.74, 6) is -0.0578. The minimum atomic E-state index is -1.42. The summed E-state index contributed by atoms with van der Waals surface area (Å²) in [5, 5.41) is 6.36. The molecule has 2 amide bonds. The Kier molecular flexibility index (Phi) is 4.03. The lowest BCUT2D eigenvalue weighted by Gasteiger charge is -2.44. The molecule has 0 saturated carbocycles. The first-order valence-electron chi connectivity index (χ1n) is 9.89. The van der Waals surface area contributed by atoms with Crippen LogP contribution in [0.5, 0.6) is 5.75 Å². The lowest BCUT2D eigenvalue weighted by molar-refractivity contribution is -0.119. The summed E-state index contributed by atoms with van der Waals surface area (Å²) in [7, 11) is 1.55. The van der Waals surface area contributed by atoms with Crippen molar-refractivity contribution in [3.8, 4) is 5.75 Å². The first-order chi connectivity index (χ1) is 14.6. The van der Waals surface area contributed by atoms with Crippen LogP contribution in [0.2, 0.25) is 0 Å². The van der Waals surface area contributed by atoms with E-state index in [1.165, 1.54) is 4.90 Å². The molecule has 1 spiro atoms. The molecule has 30 heavy (non-hydrogen) atoms. The van der Waals surface area contributed by atoms with Gasteiger partial charge in [-0.3, -0.25) is 14.5 Å². The van der Waals surface area contributed by atoms with Crippen LogP contribution < -0.4 is 20.3 Å². The van der Waals surface area contributed by atoms with Gasteiger partial charge >= 0.3 is 0 Å². The molecule has 0 bridgehead atoms. The van der Waals surface area contributed by atoms with E-state index in [9.17, 15) is 9.59 Å². The largest absolute Gasteiger partial charge is 0.495 e. The Labute approximate surface area is 174 Å². The fraction of sp³-hybridized carbons (Fsp3) is 0.167. The van der Waals surface area contributed by atoms with Gasteiger partial charge in [0, 0.05) is 16.9 Å². The van der Waals surface area contributed by atoms with E-state index in [1.807, 2.05) is 48.5 Å². The Morgan fingerprint density at radius 3 is 2.53 bits per heavy atom. The van der Waals surface area contributed by atoms with Gasteiger partial charge in [-0.1, -0.05) is 37.3 Å². The number of carbonyl (C=O) groups is 2. The van der Waals surface area contributed by atoms with Gasteiger partial charge in [-0.2, -0.15) is 0 Å². The maximum atomic E-state index is 13.8. The summed E-state index contributed by atoms with van der Waals surface area (Å²) in [4.78, 5) is 28.9. The van der Waals surface area contributed by atoms with Crippen molar-refractivity contribution in [3.05, 3.63) is 83.4 Å². The molecule has 2 aliphatic heterocycles. The van der Waals surface area contributed by atoms with Gasteiger partial charge in [0.05, 0.1) is 18.4 Å². The van der Waals surface area contributed by atoms with E-state index in [4.69, 9.17) is 4.74 Å². The molecule has 2 N–H and O–H groups in total. The number of anilines is 3. The average Bonchev–Trinajstić information content (AvgIpc) is 3.05. The van der Waals surface area contributed by atoms with Crippen molar-refractivity contribution >= 4 is 28.9 Å². The van der Waals surface area contributed by atoms with Crippen molar-refractivity contribution in [2.75, 3.05) is 22.6 Å². The Bertz CT molecular complexity index is 1190. The molecule has 0 fully saturated rings. The number of nitrogens with one attached hydrogen (secondary N) is 2. The second-order valence-corrected chi connectivity index (χ2v) is 7.38. The van der Waals surface area contributed by atoms with Crippen LogP contribution in [0.25, 0.3) is 0 Å².